The van der Waals surface area contributed by atoms with E-state index in [1.807, 2.05) is 24.4 Å². The van der Waals surface area contributed by atoms with Crippen molar-refractivity contribution in [2.75, 3.05) is 18.0 Å². The lowest BCUT2D eigenvalue weighted by Crippen LogP contribution is -2.22. The number of aliphatic hydroxyl groups excluding tert-OH is 1. The molecule has 0 bridgehead atoms. The van der Waals surface area contributed by atoms with Gasteiger partial charge in [0.1, 0.15) is 12.1 Å². The van der Waals surface area contributed by atoms with Crippen LogP contribution in [0.2, 0.25) is 0 Å². The van der Waals surface area contributed by atoms with Gasteiger partial charge in [-0.3, -0.25) is 4.98 Å². The molecule has 3 aromatic rings. The lowest BCUT2D eigenvalue weighted by molar-refractivity contribution is 0.148. The Morgan fingerprint density at radius 3 is 2.81 bits per heavy atom. The third-order valence-corrected chi connectivity index (χ3v) is 5.62. The smallest absolute Gasteiger partial charge is 0.132 e. The number of hydrogen-bond donors (Lipinski definition) is 1. The maximum Gasteiger partial charge on any atom is 0.132 e. The summed E-state index contributed by atoms with van der Waals surface area (Å²) in [5.74, 6) is 1.76. The number of fused-ring (bicyclic) bond motifs is 1. The molecule has 0 spiro atoms. The van der Waals surface area contributed by atoms with E-state index in [1.54, 1.807) is 6.33 Å². The number of aromatic nitrogens is 3. The Balaban J connectivity index is 1.37. The summed E-state index contributed by atoms with van der Waals surface area (Å²) < 4.78 is 0. The van der Waals surface area contributed by atoms with Gasteiger partial charge >= 0.3 is 0 Å². The Labute approximate surface area is 152 Å². The summed E-state index contributed by atoms with van der Waals surface area (Å²) in [5, 5.41) is 11.8. The van der Waals surface area contributed by atoms with E-state index in [4.69, 9.17) is 0 Å². The SMILES string of the molecule is O[C@@H]1CN(c2cc(C3CC3)ncn2)C[C@H]1Cc1ccnc2ccccc12. The van der Waals surface area contributed by atoms with Gasteiger partial charge < -0.3 is 10.0 Å². The highest BCUT2D eigenvalue weighted by Gasteiger charge is 2.33. The third kappa shape index (κ3) is 2.92. The number of benzene rings is 1. The Bertz CT molecular complexity index is 935. The predicted octanol–water partition coefficient (Wildman–Crippen LogP) is 2.94. The molecule has 1 aromatic carbocycles. The van der Waals surface area contributed by atoms with Crippen LogP contribution in [0.4, 0.5) is 5.82 Å². The highest BCUT2D eigenvalue weighted by molar-refractivity contribution is 5.81. The van der Waals surface area contributed by atoms with Crippen LogP contribution in [-0.2, 0) is 6.42 Å². The van der Waals surface area contributed by atoms with E-state index in [0.29, 0.717) is 12.5 Å². The number of nitrogens with zero attached hydrogens (tertiary/aromatic N) is 4. The Hall–Kier alpha value is -2.53. The monoisotopic (exact) mass is 346 g/mol. The second-order valence-corrected chi connectivity index (χ2v) is 7.50. The molecule has 3 heterocycles. The van der Waals surface area contributed by atoms with E-state index in [2.05, 4.69) is 38.1 Å². The standard InChI is InChI=1S/C21H22N4O/c26-20-12-25(21-10-19(14-5-6-14)23-13-24-21)11-16(20)9-15-7-8-22-18-4-2-1-3-17(15)18/h1-4,7-8,10,13-14,16,20,26H,5-6,9,11-12H2/t16-,20-/m1/s1. The molecule has 2 aromatic heterocycles. The maximum atomic E-state index is 10.6. The van der Waals surface area contributed by atoms with Crippen LogP contribution in [0.25, 0.3) is 10.9 Å². The zero-order valence-corrected chi connectivity index (χ0v) is 14.6. The van der Waals surface area contributed by atoms with Crippen molar-refractivity contribution in [3.05, 3.63) is 60.2 Å². The van der Waals surface area contributed by atoms with Crippen LogP contribution in [0, 0.1) is 5.92 Å². The molecule has 5 nitrogen and oxygen atoms in total. The van der Waals surface area contributed by atoms with Gasteiger partial charge in [0.2, 0.25) is 0 Å². The van der Waals surface area contributed by atoms with Gasteiger partial charge in [0.25, 0.3) is 0 Å². The van der Waals surface area contributed by atoms with E-state index in [0.717, 1.165) is 30.0 Å². The third-order valence-electron chi connectivity index (χ3n) is 5.62. The molecule has 1 N–H and O–H groups in total. The highest BCUT2D eigenvalue weighted by Crippen LogP contribution is 2.39. The van der Waals surface area contributed by atoms with E-state index in [1.165, 1.54) is 23.8 Å². The molecule has 1 aliphatic carbocycles. The van der Waals surface area contributed by atoms with Crippen LogP contribution < -0.4 is 4.90 Å². The van der Waals surface area contributed by atoms with Crippen molar-refractivity contribution in [1.82, 2.24) is 15.0 Å². The average Bonchev–Trinajstić information content (AvgIpc) is 3.47. The zero-order valence-electron chi connectivity index (χ0n) is 14.6. The molecular weight excluding hydrogens is 324 g/mol. The number of rotatable bonds is 4. The molecule has 2 atom stereocenters. The molecule has 5 heteroatoms. The second-order valence-electron chi connectivity index (χ2n) is 7.50. The first-order valence-electron chi connectivity index (χ1n) is 9.35. The number of β-amino-alcohol motifs (C(OH)–C–C–N with tert-alkyl or cyclic N) is 1. The Morgan fingerprint density at radius 2 is 1.92 bits per heavy atom. The van der Waals surface area contributed by atoms with Gasteiger partial charge in [0, 0.05) is 48.3 Å². The van der Waals surface area contributed by atoms with Crippen molar-refractivity contribution < 1.29 is 5.11 Å². The topological polar surface area (TPSA) is 62.1 Å². The number of para-hydroxylation sites is 1. The van der Waals surface area contributed by atoms with Crippen LogP contribution in [0.3, 0.4) is 0 Å². The molecule has 26 heavy (non-hydrogen) atoms. The molecule has 1 saturated heterocycles. The fourth-order valence-electron chi connectivity index (χ4n) is 3.99. The van der Waals surface area contributed by atoms with Crippen molar-refractivity contribution >= 4 is 16.7 Å². The van der Waals surface area contributed by atoms with E-state index in [9.17, 15) is 5.11 Å². The zero-order chi connectivity index (χ0) is 17.5. The van der Waals surface area contributed by atoms with Crippen molar-refractivity contribution in [2.45, 2.75) is 31.3 Å². The first-order chi connectivity index (χ1) is 12.8. The molecule has 1 aliphatic heterocycles. The maximum absolute atomic E-state index is 10.6. The number of pyridine rings is 1. The lowest BCUT2D eigenvalue weighted by Gasteiger charge is -2.17. The summed E-state index contributed by atoms with van der Waals surface area (Å²) >= 11 is 0. The van der Waals surface area contributed by atoms with Crippen LogP contribution in [0.15, 0.2) is 48.9 Å². The summed E-state index contributed by atoms with van der Waals surface area (Å²) in [6.07, 6.45) is 6.50. The Morgan fingerprint density at radius 1 is 1.04 bits per heavy atom. The van der Waals surface area contributed by atoms with Crippen molar-refractivity contribution in [2.24, 2.45) is 5.92 Å². The van der Waals surface area contributed by atoms with Gasteiger partial charge in [0.15, 0.2) is 0 Å². The molecule has 0 amide bonds. The lowest BCUT2D eigenvalue weighted by atomic mass is 9.94. The molecule has 0 radical (unpaired) electrons. The van der Waals surface area contributed by atoms with Gasteiger partial charge in [-0.2, -0.15) is 0 Å². The van der Waals surface area contributed by atoms with Gasteiger partial charge in [-0.1, -0.05) is 18.2 Å². The molecule has 2 aliphatic rings. The number of aliphatic hydroxyl groups is 1. The molecule has 2 fully saturated rings. The van der Waals surface area contributed by atoms with E-state index < -0.39 is 0 Å². The second kappa shape index (κ2) is 6.32. The van der Waals surface area contributed by atoms with Gasteiger partial charge in [-0.25, -0.2) is 9.97 Å². The molecular formula is C21H22N4O. The van der Waals surface area contributed by atoms with Crippen LogP contribution in [-0.4, -0.2) is 39.3 Å². The summed E-state index contributed by atoms with van der Waals surface area (Å²) in [7, 11) is 0. The van der Waals surface area contributed by atoms with E-state index >= 15 is 0 Å². The summed E-state index contributed by atoms with van der Waals surface area (Å²) in [6, 6.07) is 12.4. The van der Waals surface area contributed by atoms with Crippen LogP contribution in [0.5, 0.6) is 0 Å². The van der Waals surface area contributed by atoms with Gasteiger partial charge in [-0.15, -0.1) is 0 Å². The molecule has 0 unspecified atom stereocenters. The molecule has 5 rings (SSSR count). The van der Waals surface area contributed by atoms with Crippen molar-refractivity contribution in [1.29, 1.82) is 0 Å². The van der Waals surface area contributed by atoms with Crippen LogP contribution >= 0.6 is 0 Å². The minimum atomic E-state index is -0.346. The average molecular weight is 346 g/mol. The predicted molar refractivity (Wildman–Crippen MR) is 101 cm³/mol. The van der Waals surface area contributed by atoms with Crippen molar-refractivity contribution in [3.8, 4) is 0 Å². The fourth-order valence-corrected chi connectivity index (χ4v) is 3.99. The first kappa shape index (κ1) is 15.7. The summed E-state index contributed by atoms with van der Waals surface area (Å²) in [6.45, 7) is 1.45. The minimum Gasteiger partial charge on any atom is -0.391 e. The normalized spacial score (nSPS) is 22.9. The summed E-state index contributed by atoms with van der Waals surface area (Å²) in [4.78, 5) is 15.5. The molecule has 132 valence electrons. The van der Waals surface area contributed by atoms with E-state index in [-0.39, 0.29) is 12.0 Å². The fraction of sp³-hybridized carbons (Fsp3) is 0.381. The largest absolute Gasteiger partial charge is 0.391 e. The number of hydrogen-bond acceptors (Lipinski definition) is 5. The number of anilines is 1. The quantitative estimate of drug-likeness (QED) is 0.787. The highest BCUT2D eigenvalue weighted by atomic mass is 16.3. The summed E-state index contributed by atoms with van der Waals surface area (Å²) in [5.41, 5.74) is 3.41. The Kier molecular flexibility index (Phi) is 3.82. The van der Waals surface area contributed by atoms with Crippen molar-refractivity contribution in [3.63, 3.8) is 0 Å². The minimum absolute atomic E-state index is 0.195. The first-order valence-corrected chi connectivity index (χ1v) is 9.35. The van der Waals surface area contributed by atoms with Gasteiger partial charge in [0.05, 0.1) is 11.6 Å². The van der Waals surface area contributed by atoms with Crippen LogP contribution in [0.1, 0.15) is 30.0 Å². The van der Waals surface area contributed by atoms with Gasteiger partial charge in [-0.05, 0) is 37.0 Å². The molecule has 1 saturated carbocycles.